The second-order valence-electron chi connectivity index (χ2n) is 8.90. The van der Waals surface area contributed by atoms with Crippen molar-refractivity contribution in [1.29, 1.82) is 0 Å². The largest absolute Gasteiger partial charge is 0.392 e. The Morgan fingerprint density at radius 3 is 2.22 bits per heavy atom. The molecule has 36 heavy (non-hydrogen) atoms. The predicted octanol–water partition coefficient (Wildman–Crippen LogP) is 5.58. The Bertz CT molecular complexity index is 1090. The van der Waals surface area contributed by atoms with Gasteiger partial charge in [0.2, 0.25) is 0 Å². The lowest BCUT2D eigenvalue weighted by Gasteiger charge is -2.41. The minimum absolute atomic E-state index is 0.0180. The molecule has 0 spiro atoms. The number of ether oxygens (including phenoxy) is 2. The molecule has 3 N–H and O–H groups in total. The number of benzene rings is 3. The van der Waals surface area contributed by atoms with Crippen molar-refractivity contribution in [3.63, 3.8) is 0 Å². The summed E-state index contributed by atoms with van der Waals surface area (Å²) in [5.74, 6) is 0.947. The van der Waals surface area contributed by atoms with Crippen molar-refractivity contribution in [3.05, 3.63) is 101 Å². The van der Waals surface area contributed by atoms with E-state index in [1.807, 2.05) is 73.7 Å². The summed E-state index contributed by atoms with van der Waals surface area (Å²) in [4.78, 5) is 12.9. The van der Waals surface area contributed by atoms with Crippen molar-refractivity contribution in [2.45, 2.75) is 50.4 Å². The summed E-state index contributed by atoms with van der Waals surface area (Å²) in [7, 11) is 0. The van der Waals surface area contributed by atoms with Crippen molar-refractivity contribution in [1.82, 2.24) is 10.6 Å². The summed E-state index contributed by atoms with van der Waals surface area (Å²) in [5.41, 5.74) is 3.89. The van der Waals surface area contributed by atoms with Crippen LogP contribution in [-0.4, -0.2) is 29.5 Å². The first-order chi connectivity index (χ1) is 17.6. The van der Waals surface area contributed by atoms with Crippen LogP contribution < -0.4 is 10.6 Å². The van der Waals surface area contributed by atoms with Crippen LogP contribution in [0.15, 0.2) is 83.8 Å². The number of carbonyl (C=O) groups excluding carboxylic acids is 1. The van der Waals surface area contributed by atoms with E-state index in [0.717, 1.165) is 28.0 Å². The molecule has 0 bridgehead atoms. The lowest BCUT2D eigenvalue weighted by Crippen LogP contribution is -2.38. The van der Waals surface area contributed by atoms with Gasteiger partial charge >= 0.3 is 6.03 Å². The molecule has 2 amide bonds. The predicted molar refractivity (Wildman–Crippen MR) is 142 cm³/mol. The Hall–Kier alpha value is -2.84. The van der Waals surface area contributed by atoms with Crippen LogP contribution in [0.1, 0.15) is 48.5 Å². The van der Waals surface area contributed by atoms with Gasteiger partial charge in [0.25, 0.3) is 0 Å². The number of carbonyl (C=O) groups is 1. The first-order valence-corrected chi connectivity index (χ1v) is 13.3. The van der Waals surface area contributed by atoms with E-state index < -0.39 is 6.29 Å². The molecular formula is C29H34N2O4S. The molecule has 1 heterocycles. The summed E-state index contributed by atoms with van der Waals surface area (Å²) in [5, 5.41) is 15.0. The zero-order valence-corrected chi connectivity index (χ0v) is 21.5. The summed E-state index contributed by atoms with van der Waals surface area (Å²) < 4.78 is 13.0. The van der Waals surface area contributed by atoms with Crippen LogP contribution in [0.5, 0.6) is 0 Å². The first kappa shape index (κ1) is 26.2. The molecule has 0 unspecified atom stereocenters. The molecule has 4 rings (SSSR count). The molecule has 1 aliphatic heterocycles. The molecule has 1 saturated heterocycles. The first-order valence-electron chi connectivity index (χ1n) is 12.4. The minimum Gasteiger partial charge on any atom is -0.392 e. The number of urea groups is 1. The van der Waals surface area contributed by atoms with Crippen LogP contribution in [0, 0.1) is 5.92 Å². The summed E-state index contributed by atoms with van der Waals surface area (Å²) in [6.45, 7) is 5.12. The molecule has 1 fully saturated rings. The van der Waals surface area contributed by atoms with Crippen LogP contribution in [0.25, 0.3) is 0 Å². The quantitative estimate of drug-likeness (QED) is 0.330. The molecular weight excluding hydrogens is 472 g/mol. The number of amides is 2. The Balaban J connectivity index is 1.50. The van der Waals surface area contributed by atoms with E-state index in [-0.39, 0.29) is 30.8 Å². The summed E-state index contributed by atoms with van der Waals surface area (Å²) in [6, 6.07) is 26.1. The van der Waals surface area contributed by atoms with E-state index >= 15 is 0 Å². The second-order valence-corrected chi connectivity index (χ2v) is 9.99. The Labute approximate surface area is 217 Å². The van der Waals surface area contributed by atoms with Crippen LogP contribution in [0.4, 0.5) is 4.79 Å². The fraction of sp³-hybridized carbons (Fsp3) is 0.345. The standard InChI is InChI=1S/C29H34N2O4S/c1-3-30-29(33)31-17-21-9-15-24(16-10-21)28-34-26(19-36-25-7-5-4-6-8-25)20(2)27(35-28)23-13-11-22(18-32)12-14-23/h4-16,20,26-28,32H,3,17-19H2,1-2H3,(H2,30,31,33)/t20-,26+,27+,28+/m0/s1. The third-order valence-electron chi connectivity index (χ3n) is 6.32. The van der Waals surface area contributed by atoms with Crippen LogP contribution in [0.2, 0.25) is 0 Å². The Kier molecular flexibility index (Phi) is 9.41. The van der Waals surface area contributed by atoms with Gasteiger partial charge in [-0.05, 0) is 35.7 Å². The highest BCUT2D eigenvalue weighted by Crippen LogP contribution is 2.43. The number of hydrogen-bond donors (Lipinski definition) is 3. The van der Waals surface area contributed by atoms with Gasteiger partial charge < -0.3 is 25.2 Å². The zero-order chi connectivity index (χ0) is 25.3. The topological polar surface area (TPSA) is 79.8 Å². The number of rotatable bonds is 9. The molecule has 0 aliphatic carbocycles. The molecule has 7 heteroatoms. The van der Waals surface area contributed by atoms with Crippen molar-refractivity contribution in [2.75, 3.05) is 12.3 Å². The lowest BCUT2D eigenvalue weighted by molar-refractivity contribution is -0.268. The number of nitrogens with one attached hydrogen (secondary N) is 2. The highest BCUT2D eigenvalue weighted by Gasteiger charge is 2.38. The number of thioether (sulfide) groups is 1. The third kappa shape index (κ3) is 6.89. The fourth-order valence-electron chi connectivity index (χ4n) is 4.20. The van der Waals surface area contributed by atoms with Crippen molar-refractivity contribution < 1.29 is 19.4 Å². The SMILES string of the molecule is CCNC(=O)NCc1ccc([C@@H]2O[C@H](CSc3ccccc3)[C@H](C)[C@H](c3ccc(CO)cc3)O2)cc1. The van der Waals surface area contributed by atoms with E-state index in [0.29, 0.717) is 13.1 Å². The van der Waals surface area contributed by atoms with Gasteiger partial charge in [-0.3, -0.25) is 0 Å². The van der Waals surface area contributed by atoms with Gasteiger partial charge in [0.15, 0.2) is 6.29 Å². The van der Waals surface area contributed by atoms with Crippen LogP contribution in [-0.2, 0) is 22.6 Å². The maximum atomic E-state index is 11.7. The number of aliphatic hydroxyl groups excluding tert-OH is 1. The average molecular weight is 507 g/mol. The zero-order valence-electron chi connectivity index (χ0n) is 20.7. The van der Waals surface area contributed by atoms with Gasteiger partial charge in [0.1, 0.15) is 0 Å². The van der Waals surface area contributed by atoms with Crippen LogP contribution >= 0.6 is 11.8 Å². The molecule has 1 aliphatic rings. The molecule has 0 radical (unpaired) electrons. The lowest BCUT2D eigenvalue weighted by atomic mass is 9.91. The monoisotopic (exact) mass is 506 g/mol. The van der Waals surface area contributed by atoms with Gasteiger partial charge in [0, 0.05) is 35.2 Å². The van der Waals surface area contributed by atoms with Crippen molar-refractivity contribution in [2.24, 2.45) is 5.92 Å². The van der Waals surface area contributed by atoms with E-state index in [4.69, 9.17) is 9.47 Å². The van der Waals surface area contributed by atoms with Gasteiger partial charge in [0.05, 0.1) is 18.8 Å². The highest BCUT2D eigenvalue weighted by molar-refractivity contribution is 7.99. The summed E-state index contributed by atoms with van der Waals surface area (Å²) in [6.07, 6.45) is -0.664. The smallest absolute Gasteiger partial charge is 0.315 e. The van der Waals surface area contributed by atoms with E-state index in [2.05, 4.69) is 29.7 Å². The summed E-state index contributed by atoms with van der Waals surface area (Å²) >= 11 is 1.79. The molecule has 3 aromatic carbocycles. The second kappa shape index (κ2) is 12.9. The third-order valence-corrected chi connectivity index (χ3v) is 7.42. The molecule has 4 atom stereocenters. The van der Waals surface area contributed by atoms with Gasteiger partial charge in [-0.2, -0.15) is 0 Å². The average Bonchev–Trinajstić information content (AvgIpc) is 2.92. The van der Waals surface area contributed by atoms with E-state index in [9.17, 15) is 9.90 Å². The van der Waals surface area contributed by atoms with Gasteiger partial charge in [-0.25, -0.2) is 4.79 Å². The van der Waals surface area contributed by atoms with Crippen LogP contribution in [0.3, 0.4) is 0 Å². The molecule has 190 valence electrons. The highest BCUT2D eigenvalue weighted by atomic mass is 32.2. The van der Waals surface area contributed by atoms with E-state index in [1.54, 1.807) is 11.8 Å². The van der Waals surface area contributed by atoms with Crippen molar-refractivity contribution in [3.8, 4) is 0 Å². The number of hydrogen-bond acceptors (Lipinski definition) is 5. The number of aliphatic hydroxyl groups is 1. The molecule has 0 aromatic heterocycles. The maximum Gasteiger partial charge on any atom is 0.315 e. The van der Waals surface area contributed by atoms with Crippen molar-refractivity contribution >= 4 is 17.8 Å². The minimum atomic E-state index is -0.504. The van der Waals surface area contributed by atoms with Gasteiger partial charge in [-0.1, -0.05) is 73.7 Å². The molecule has 3 aromatic rings. The van der Waals surface area contributed by atoms with E-state index in [1.165, 1.54) is 4.90 Å². The Morgan fingerprint density at radius 2 is 1.56 bits per heavy atom. The Morgan fingerprint density at radius 1 is 0.889 bits per heavy atom. The maximum absolute atomic E-state index is 11.7. The van der Waals surface area contributed by atoms with Gasteiger partial charge in [-0.15, -0.1) is 11.8 Å². The molecule has 6 nitrogen and oxygen atoms in total. The normalized spacial score (nSPS) is 21.6. The fourth-order valence-corrected chi connectivity index (χ4v) is 5.29. The molecule has 0 saturated carbocycles.